The smallest absolute Gasteiger partial charge is 0.745 e. The molecule has 1 aliphatic heterocycles. The molecule has 7 heteroatoms. The molecule has 0 saturated carbocycles. The minimum Gasteiger partial charge on any atom is -0.745 e. The van der Waals surface area contributed by atoms with E-state index in [4.69, 9.17) is 0 Å². The normalized spacial score (nSPS) is 15.4. The second-order valence-corrected chi connectivity index (χ2v) is 7.20. The van der Waals surface area contributed by atoms with Gasteiger partial charge in [-0.25, -0.2) is 8.42 Å². The number of nitrogens with one attached hydrogen (secondary N) is 2. The maximum Gasteiger partial charge on any atom is 1.00 e. The summed E-state index contributed by atoms with van der Waals surface area (Å²) in [6.45, 7) is 2.16. The third-order valence-corrected chi connectivity index (χ3v) is 5.17. The Hall–Kier alpha value is -0.270. The molecule has 1 aliphatic rings. The van der Waals surface area contributed by atoms with Gasteiger partial charge < -0.3 is 15.2 Å². The summed E-state index contributed by atoms with van der Waals surface area (Å²) in [6, 6.07) is 7.17. The summed E-state index contributed by atoms with van der Waals surface area (Å²) in [5.74, 6) is 0. The van der Waals surface area contributed by atoms with E-state index in [1.54, 1.807) is 12.1 Å². The fraction of sp³-hybridized carbons (Fsp3) is 0.600. The number of anilines is 2. The summed E-state index contributed by atoms with van der Waals surface area (Å²) >= 11 is 0. The van der Waals surface area contributed by atoms with Crippen LogP contribution in [0.4, 0.5) is 11.4 Å². The summed E-state index contributed by atoms with van der Waals surface area (Å²) in [4.78, 5) is -1.60. The molecule has 0 atom stereocenters. The number of unbranched alkanes of at least 4 members (excludes halogenated alkanes) is 5. The summed E-state index contributed by atoms with van der Waals surface area (Å²) in [7, 11) is -4.50. The standard InChI is InChI=1S/C15H24N2O3S.Na/c1-2-3-4-5-6-9-12-15(21(18,19)20)16-13-10-7-8-11-14(13)17-15;/h7-8,10-11,16-17H,2-6,9,12H2,1H3,(H,18,19,20);/q;+1/p-1. The van der Waals surface area contributed by atoms with Gasteiger partial charge in [0.05, 0.1) is 11.4 Å². The van der Waals surface area contributed by atoms with Crippen molar-refractivity contribution in [2.45, 2.75) is 56.9 Å². The van der Waals surface area contributed by atoms with Gasteiger partial charge in [0, 0.05) is 6.42 Å². The molecule has 0 unspecified atom stereocenters. The summed E-state index contributed by atoms with van der Waals surface area (Å²) in [5, 5.41) is 5.76. The van der Waals surface area contributed by atoms with Crippen molar-refractivity contribution in [1.82, 2.24) is 0 Å². The molecule has 1 aromatic rings. The van der Waals surface area contributed by atoms with Crippen LogP contribution in [-0.4, -0.2) is 18.0 Å². The molecular weight excluding hydrogens is 311 g/mol. The van der Waals surface area contributed by atoms with E-state index in [0.29, 0.717) is 17.8 Å². The van der Waals surface area contributed by atoms with Crippen molar-refractivity contribution in [3.05, 3.63) is 24.3 Å². The fourth-order valence-electron chi connectivity index (χ4n) is 2.70. The van der Waals surface area contributed by atoms with E-state index in [9.17, 15) is 13.0 Å². The molecule has 0 spiro atoms. The van der Waals surface area contributed by atoms with Gasteiger partial charge in [-0.2, -0.15) is 0 Å². The third kappa shape index (κ3) is 4.61. The van der Waals surface area contributed by atoms with Crippen molar-refractivity contribution in [1.29, 1.82) is 0 Å². The van der Waals surface area contributed by atoms with Crippen molar-refractivity contribution < 1.29 is 42.5 Å². The van der Waals surface area contributed by atoms with Crippen LogP contribution in [0.25, 0.3) is 0 Å². The van der Waals surface area contributed by atoms with E-state index in [2.05, 4.69) is 17.6 Å². The molecule has 22 heavy (non-hydrogen) atoms. The zero-order valence-electron chi connectivity index (χ0n) is 13.4. The van der Waals surface area contributed by atoms with Crippen LogP contribution in [0.1, 0.15) is 51.9 Å². The van der Waals surface area contributed by atoms with Crippen LogP contribution in [0.2, 0.25) is 0 Å². The second kappa shape index (κ2) is 8.55. The molecule has 2 N–H and O–H groups in total. The fourth-order valence-corrected chi connectivity index (χ4v) is 3.56. The molecule has 2 rings (SSSR count). The Morgan fingerprint density at radius 2 is 1.50 bits per heavy atom. The monoisotopic (exact) mass is 334 g/mol. The maximum absolute atomic E-state index is 11.7. The average Bonchev–Trinajstić information content (AvgIpc) is 2.82. The van der Waals surface area contributed by atoms with E-state index in [1.165, 1.54) is 12.8 Å². The minimum absolute atomic E-state index is 0. The molecule has 0 radical (unpaired) electrons. The van der Waals surface area contributed by atoms with E-state index < -0.39 is 15.1 Å². The molecule has 0 fully saturated rings. The van der Waals surface area contributed by atoms with Crippen molar-refractivity contribution in [3.8, 4) is 0 Å². The Kier molecular flexibility index (Phi) is 7.68. The molecule has 1 aromatic carbocycles. The van der Waals surface area contributed by atoms with Crippen molar-refractivity contribution in [2.24, 2.45) is 0 Å². The summed E-state index contributed by atoms with van der Waals surface area (Å²) in [5.41, 5.74) is 1.34. The topological polar surface area (TPSA) is 81.3 Å². The number of fused-ring (bicyclic) bond motifs is 1. The van der Waals surface area contributed by atoms with Gasteiger partial charge in [0.15, 0.2) is 0 Å². The molecule has 0 saturated heterocycles. The molecule has 1 heterocycles. The largest absolute Gasteiger partial charge is 1.00 e. The maximum atomic E-state index is 11.7. The van der Waals surface area contributed by atoms with E-state index >= 15 is 0 Å². The number of hydrogen-bond donors (Lipinski definition) is 2. The van der Waals surface area contributed by atoms with Crippen molar-refractivity contribution >= 4 is 21.5 Å². The SMILES string of the molecule is CCCCCCCCC1(S(=O)(=O)[O-])Nc2ccccc2N1.[Na+]. The number of rotatable bonds is 8. The van der Waals surface area contributed by atoms with Crippen LogP contribution in [0.5, 0.6) is 0 Å². The first-order chi connectivity index (χ1) is 9.98. The van der Waals surface area contributed by atoms with Gasteiger partial charge in [-0.15, -0.1) is 0 Å². The molecule has 0 aromatic heterocycles. The molecule has 5 nitrogen and oxygen atoms in total. The average molecular weight is 334 g/mol. The van der Waals surface area contributed by atoms with E-state index in [1.807, 2.05) is 12.1 Å². The first-order valence-corrected chi connectivity index (χ1v) is 9.00. The zero-order chi connectivity index (χ0) is 15.3. The van der Waals surface area contributed by atoms with E-state index in [-0.39, 0.29) is 36.0 Å². The van der Waals surface area contributed by atoms with Crippen molar-refractivity contribution in [2.75, 3.05) is 10.6 Å². The van der Waals surface area contributed by atoms with Crippen LogP contribution in [0.3, 0.4) is 0 Å². The van der Waals surface area contributed by atoms with Crippen LogP contribution in [0.15, 0.2) is 24.3 Å². The minimum atomic E-state index is -4.50. The third-order valence-electron chi connectivity index (χ3n) is 3.91. The molecule has 0 bridgehead atoms. The first-order valence-electron chi connectivity index (χ1n) is 7.59. The Morgan fingerprint density at radius 1 is 1.00 bits per heavy atom. The van der Waals surface area contributed by atoms with Gasteiger partial charge in [-0.1, -0.05) is 51.2 Å². The Labute approximate surface area is 155 Å². The van der Waals surface area contributed by atoms with Crippen LogP contribution >= 0.6 is 0 Å². The van der Waals surface area contributed by atoms with Gasteiger partial charge in [-0.05, 0) is 18.6 Å². The molecule has 0 aliphatic carbocycles. The van der Waals surface area contributed by atoms with E-state index in [0.717, 1.165) is 19.3 Å². The van der Waals surface area contributed by atoms with Crippen molar-refractivity contribution in [3.63, 3.8) is 0 Å². The Bertz CT molecular complexity index is 553. The zero-order valence-corrected chi connectivity index (χ0v) is 16.2. The van der Waals surface area contributed by atoms with Gasteiger partial charge in [-0.3, -0.25) is 0 Å². The predicted molar refractivity (Wildman–Crippen MR) is 84.1 cm³/mol. The van der Waals surface area contributed by atoms with Crippen LogP contribution in [0, 0.1) is 0 Å². The quantitative estimate of drug-likeness (QED) is 0.410. The molecule has 118 valence electrons. The van der Waals surface area contributed by atoms with Crippen LogP contribution in [-0.2, 0) is 10.1 Å². The number of hydrogen-bond acceptors (Lipinski definition) is 5. The Morgan fingerprint density at radius 3 is 2.00 bits per heavy atom. The second-order valence-electron chi connectivity index (χ2n) is 5.59. The van der Waals surface area contributed by atoms with Gasteiger partial charge in [0.1, 0.15) is 10.1 Å². The Balaban J connectivity index is 0.00000242. The number of para-hydroxylation sites is 2. The predicted octanol–water partition coefficient (Wildman–Crippen LogP) is 0.478. The van der Waals surface area contributed by atoms with Crippen LogP contribution < -0.4 is 40.2 Å². The van der Waals surface area contributed by atoms with Gasteiger partial charge in [0.25, 0.3) is 0 Å². The van der Waals surface area contributed by atoms with Gasteiger partial charge >= 0.3 is 29.6 Å². The van der Waals surface area contributed by atoms with Gasteiger partial charge in [0.2, 0.25) is 4.99 Å². The summed E-state index contributed by atoms with van der Waals surface area (Å²) < 4.78 is 35.1. The molecule has 0 amide bonds. The number of benzene rings is 1. The first kappa shape index (κ1) is 19.8. The molecular formula is C15H23N2NaO3S. The summed E-state index contributed by atoms with van der Waals surface area (Å²) in [6.07, 6.45) is 6.55.